The van der Waals surface area contributed by atoms with Gasteiger partial charge in [0.05, 0.1) is 9.95 Å². The highest BCUT2D eigenvalue weighted by Crippen LogP contribution is 2.33. The van der Waals surface area contributed by atoms with Crippen molar-refractivity contribution in [2.24, 2.45) is 0 Å². The van der Waals surface area contributed by atoms with Crippen LogP contribution in [0.4, 0.5) is 11.4 Å². The maximum absolute atomic E-state index is 12.1. The number of carbonyl (C=O) groups excluding carboxylic acids is 1. The first-order chi connectivity index (χ1) is 9.90. The van der Waals surface area contributed by atoms with E-state index in [1.54, 1.807) is 11.8 Å². The lowest BCUT2D eigenvalue weighted by Gasteiger charge is -2.14. The van der Waals surface area contributed by atoms with Gasteiger partial charge in [0.25, 0.3) is 11.6 Å². The Morgan fingerprint density at radius 2 is 2.19 bits per heavy atom. The number of rotatable bonds is 7. The van der Waals surface area contributed by atoms with Crippen LogP contribution in [0.2, 0.25) is 5.02 Å². The average molecular weight is 332 g/mol. The molecule has 116 valence electrons. The van der Waals surface area contributed by atoms with Gasteiger partial charge in [-0.05, 0) is 26.2 Å². The van der Waals surface area contributed by atoms with E-state index in [0.717, 1.165) is 5.75 Å². The van der Waals surface area contributed by atoms with Crippen LogP contribution in [-0.2, 0) is 0 Å². The molecule has 1 aromatic carbocycles. The number of hydrogen-bond donors (Lipinski definition) is 2. The smallest absolute Gasteiger partial charge is 0.294 e. The number of halogens is 1. The highest BCUT2D eigenvalue weighted by atomic mass is 35.5. The van der Waals surface area contributed by atoms with Gasteiger partial charge in [-0.15, -0.1) is 0 Å². The number of benzene rings is 1. The van der Waals surface area contributed by atoms with Crippen LogP contribution in [0.3, 0.4) is 0 Å². The third-order valence-electron chi connectivity index (χ3n) is 2.68. The molecule has 0 radical (unpaired) electrons. The Hall–Kier alpha value is -1.47. The zero-order valence-electron chi connectivity index (χ0n) is 12.1. The van der Waals surface area contributed by atoms with Gasteiger partial charge in [-0.2, -0.15) is 11.8 Å². The van der Waals surface area contributed by atoms with E-state index in [4.69, 9.17) is 11.6 Å². The van der Waals surface area contributed by atoms with Gasteiger partial charge in [-0.1, -0.05) is 11.6 Å². The highest BCUT2D eigenvalue weighted by molar-refractivity contribution is 7.98. The monoisotopic (exact) mass is 331 g/mol. The van der Waals surface area contributed by atoms with Crippen molar-refractivity contribution in [3.8, 4) is 0 Å². The van der Waals surface area contributed by atoms with Crippen molar-refractivity contribution in [3.63, 3.8) is 0 Å². The fourth-order valence-corrected chi connectivity index (χ4v) is 2.68. The van der Waals surface area contributed by atoms with E-state index in [-0.39, 0.29) is 33.9 Å². The summed E-state index contributed by atoms with van der Waals surface area (Å²) in [6, 6.07) is 2.65. The Bertz CT molecular complexity index is 540. The van der Waals surface area contributed by atoms with Gasteiger partial charge in [-0.25, -0.2) is 0 Å². The van der Waals surface area contributed by atoms with E-state index < -0.39 is 4.92 Å². The van der Waals surface area contributed by atoms with Gasteiger partial charge >= 0.3 is 0 Å². The second kappa shape index (κ2) is 8.09. The highest BCUT2D eigenvalue weighted by Gasteiger charge is 2.21. The largest absolute Gasteiger partial charge is 0.379 e. The molecule has 0 aliphatic rings. The molecule has 0 bridgehead atoms. The van der Waals surface area contributed by atoms with E-state index in [0.29, 0.717) is 6.54 Å². The Kier molecular flexibility index (Phi) is 6.77. The van der Waals surface area contributed by atoms with Gasteiger partial charge in [0.1, 0.15) is 5.69 Å². The van der Waals surface area contributed by atoms with Crippen molar-refractivity contribution >= 4 is 40.6 Å². The van der Waals surface area contributed by atoms with Crippen molar-refractivity contribution in [2.45, 2.75) is 19.9 Å². The third kappa shape index (κ3) is 4.78. The zero-order chi connectivity index (χ0) is 16.0. The fourth-order valence-electron chi connectivity index (χ4n) is 1.82. The number of nitrogens with one attached hydrogen (secondary N) is 2. The molecule has 0 aliphatic carbocycles. The van der Waals surface area contributed by atoms with Crippen molar-refractivity contribution in [2.75, 3.05) is 23.9 Å². The standard InChI is InChI=1S/C13H18ClN3O3S/c1-4-15-12-10(14)5-9(6-11(12)17(19)20)13(18)16-8(2)7-21-3/h5-6,8,15H,4,7H2,1-3H3,(H,16,18). The maximum Gasteiger partial charge on any atom is 0.294 e. The van der Waals surface area contributed by atoms with Crippen molar-refractivity contribution in [1.29, 1.82) is 0 Å². The fraction of sp³-hybridized carbons (Fsp3) is 0.462. The summed E-state index contributed by atoms with van der Waals surface area (Å²) < 4.78 is 0. The van der Waals surface area contributed by atoms with Crippen LogP contribution in [0.5, 0.6) is 0 Å². The summed E-state index contributed by atoms with van der Waals surface area (Å²) in [6.45, 7) is 4.18. The SMILES string of the molecule is CCNc1c(Cl)cc(C(=O)NC(C)CSC)cc1[N+](=O)[O-]. The molecular weight excluding hydrogens is 314 g/mol. The van der Waals surface area contributed by atoms with Crippen molar-refractivity contribution < 1.29 is 9.72 Å². The number of nitrogens with zero attached hydrogens (tertiary/aromatic N) is 1. The third-order valence-corrected chi connectivity index (χ3v) is 3.81. The molecule has 0 saturated carbocycles. The Morgan fingerprint density at radius 3 is 2.71 bits per heavy atom. The molecule has 0 saturated heterocycles. The molecule has 1 amide bonds. The molecule has 1 aromatic rings. The topological polar surface area (TPSA) is 84.3 Å². The number of hydrogen-bond acceptors (Lipinski definition) is 5. The molecular formula is C13H18ClN3O3S. The molecule has 0 aromatic heterocycles. The van der Waals surface area contributed by atoms with Gasteiger partial charge in [0.2, 0.25) is 0 Å². The molecule has 0 heterocycles. The van der Waals surface area contributed by atoms with Crippen molar-refractivity contribution in [3.05, 3.63) is 32.8 Å². The molecule has 0 aliphatic heterocycles. The first kappa shape index (κ1) is 17.6. The van der Waals surface area contributed by atoms with E-state index in [9.17, 15) is 14.9 Å². The molecule has 8 heteroatoms. The maximum atomic E-state index is 12.1. The van der Waals surface area contributed by atoms with Crippen LogP contribution in [0.1, 0.15) is 24.2 Å². The van der Waals surface area contributed by atoms with Gasteiger partial charge in [-0.3, -0.25) is 14.9 Å². The summed E-state index contributed by atoms with van der Waals surface area (Å²) in [5.41, 5.74) is 0.214. The van der Waals surface area contributed by atoms with Gasteiger partial charge in [0, 0.05) is 30.0 Å². The molecule has 0 spiro atoms. The Balaban J connectivity index is 3.09. The summed E-state index contributed by atoms with van der Waals surface area (Å²) in [7, 11) is 0. The quantitative estimate of drug-likeness (QED) is 0.592. The minimum absolute atomic E-state index is 0.0289. The Morgan fingerprint density at radius 1 is 1.52 bits per heavy atom. The zero-order valence-corrected chi connectivity index (χ0v) is 13.7. The molecule has 2 N–H and O–H groups in total. The number of nitro benzene ring substituents is 1. The molecule has 1 rings (SSSR count). The summed E-state index contributed by atoms with van der Waals surface area (Å²) in [5.74, 6) is 0.390. The Labute approximate surface area is 132 Å². The van der Waals surface area contributed by atoms with Gasteiger partial charge in [0.15, 0.2) is 0 Å². The number of nitro groups is 1. The number of amides is 1. The predicted octanol–water partition coefficient (Wildman–Crippen LogP) is 3.16. The lowest BCUT2D eigenvalue weighted by molar-refractivity contribution is -0.384. The van der Waals surface area contributed by atoms with E-state index in [1.807, 2.05) is 20.1 Å². The second-order valence-corrected chi connectivity index (χ2v) is 5.79. The predicted molar refractivity (Wildman–Crippen MR) is 87.6 cm³/mol. The molecule has 6 nitrogen and oxygen atoms in total. The summed E-state index contributed by atoms with van der Waals surface area (Å²) >= 11 is 7.66. The van der Waals surface area contributed by atoms with Crippen molar-refractivity contribution in [1.82, 2.24) is 5.32 Å². The number of anilines is 1. The lowest BCUT2D eigenvalue weighted by Crippen LogP contribution is -2.34. The lowest BCUT2D eigenvalue weighted by atomic mass is 10.1. The second-order valence-electron chi connectivity index (χ2n) is 4.47. The van der Waals surface area contributed by atoms with Crippen LogP contribution < -0.4 is 10.6 Å². The minimum Gasteiger partial charge on any atom is -0.379 e. The van der Waals surface area contributed by atoms with Gasteiger partial charge < -0.3 is 10.6 Å². The van der Waals surface area contributed by atoms with Crippen LogP contribution in [0.25, 0.3) is 0 Å². The van der Waals surface area contributed by atoms with Crippen LogP contribution in [-0.4, -0.2) is 35.4 Å². The molecule has 1 atom stereocenters. The molecule has 0 fully saturated rings. The van der Waals surface area contributed by atoms with E-state index in [1.165, 1.54) is 12.1 Å². The summed E-state index contributed by atoms with van der Waals surface area (Å²) in [4.78, 5) is 22.7. The normalized spacial score (nSPS) is 11.8. The summed E-state index contributed by atoms with van der Waals surface area (Å²) in [5, 5.41) is 16.9. The first-order valence-electron chi connectivity index (χ1n) is 6.42. The van der Waals surface area contributed by atoms with E-state index in [2.05, 4.69) is 10.6 Å². The summed E-state index contributed by atoms with van der Waals surface area (Å²) in [6.07, 6.45) is 1.94. The van der Waals surface area contributed by atoms with E-state index >= 15 is 0 Å². The molecule has 21 heavy (non-hydrogen) atoms. The van der Waals surface area contributed by atoms with Crippen LogP contribution >= 0.6 is 23.4 Å². The minimum atomic E-state index is -0.550. The number of thioether (sulfide) groups is 1. The number of carbonyl (C=O) groups is 1. The van der Waals surface area contributed by atoms with Crippen LogP contribution in [0.15, 0.2) is 12.1 Å². The van der Waals surface area contributed by atoms with Crippen LogP contribution in [0, 0.1) is 10.1 Å². The molecule has 1 unspecified atom stereocenters. The first-order valence-corrected chi connectivity index (χ1v) is 8.19. The average Bonchev–Trinajstić information content (AvgIpc) is 2.40.